The average molecular weight is 639 g/mol. The first-order valence-electron chi connectivity index (χ1n) is 15.5. The van der Waals surface area contributed by atoms with E-state index in [-0.39, 0.29) is 25.7 Å². The molecule has 0 aromatic heterocycles. The summed E-state index contributed by atoms with van der Waals surface area (Å²) in [5.41, 5.74) is 3.26. The molecule has 44 heavy (non-hydrogen) atoms. The van der Waals surface area contributed by atoms with E-state index in [0.29, 0.717) is 43.3 Å². The molecule has 0 bridgehead atoms. The Bertz CT molecular complexity index is 1350. The quantitative estimate of drug-likeness (QED) is 0.216. The number of fused-ring (bicyclic) bond motifs is 1. The highest BCUT2D eigenvalue weighted by Crippen LogP contribution is 2.37. The minimum absolute atomic E-state index is 0.161. The van der Waals surface area contributed by atoms with E-state index in [1.807, 2.05) is 42.5 Å². The molecule has 0 aliphatic carbocycles. The van der Waals surface area contributed by atoms with Gasteiger partial charge in [0.05, 0.1) is 35.4 Å². The Hall–Kier alpha value is -2.97. The first kappa shape index (κ1) is 32.4. The molecular formula is C33H46N2O7Si2. The smallest absolute Gasteiger partial charge is 0.417 e. The van der Waals surface area contributed by atoms with Crippen LogP contribution in [0, 0.1) is 0 Å². The summed E-state index contributed by atoms with van der Waals surface area (Å²) in [6.07, 6.45) is 4.85. The van der Waals surface area contributed by atoms with E-state index >= 15 is 0 Å². The first-order chi connectivity index (χ1) is 20.9. The van der Waals surface area contributed by atoms with Crippen molar-refractivity contribution >= 4 is 34.2 Å². The molecule has 0 spiro atoms. The predicted octanol–water partition coefficient (Wildman–Crippen LogP) is 5.71. The molecule has 2 aromatic rings. The molecule has 2 amide bonds. The van der Waals surface area contributed by atoms with Crippen LogP contribution in [-0.2, 0) is 32.0 Å². The van der Waals surface area contributed by atoms with Gasteiger partial charge in [-0.05, 0) is 47.5 Å². The number of hydrogen-bond acceptors (Lipinski definition) is 8. The van der Waals surface area contributed by atoms with Crippen molar-refractivity contribution in [3.8, 4) is 11.5 Å². The lowest BCUT2D eigenvalue weighted by Crippen LogP contribution is -2.56. The minimum atomic E-state index is -1.71. The van der Waals surface area contributed by atoms with Crippen LogP contribution >= 0.6 is 0 Å². The lowest BCUT2D eigenvalue weighted by molar-refractivity contribution is -0.124. The number of imide groups is 1. The summed E-state index contributed by atoms with van der Waals surface area (Å²) in [6.45, 7) is 16.7. The molecule has 3 heterocycles. The van der Waals surface area contributed by atoms with Crippen molar-refractivity contribution < 1.29 is 33.3 Å². The highest BCUT2D eigenvalue weighted by Gasteiger charge is 2.39. The van der Waals surface area contributed by atoms with Crippen LogP contribution in [0.3, 0.4) is 0 Å². The highest BCUT2D eigenvalue weighted by atomic mass is 28.3. The van der Waals surface area contributed by atoms with Crippen LogP contribution in [-0.4, -0.2) is 88.7 Å². The summed E-state index contributed by atoms with van der Waals surface area (Å²) in [5.74, 6) is 0.954. The van der Waals surface area contributed by atoms with Gasteiger partial charge in [-0.2, -0.15) is 0 Å². The molecular weight excluding hydrogens is 593 g/mol. The van der Waals surface area contributed by atoms with Crippen LogP contribution in [0.15, 0.2) is 48.5 Å². The third-order valence-corrected chi connectivity index (χ3v) is 12.1. The molecule has 2 atom stereocenters. The number of nitrogens with zero attached hydrogens (tertiary/aromatic N) is 2. The molecule has 0 saturated carbocycles. The second-order valence-electron chi connectivity index (χ2n) is 14.1. The molecule has 3 aliphatic rings. The molecule has 2 fully saturated rings. The summed E-state index contributed by atoms with van der Waals surface area (Å²) in [4.78, 5) is 30.0. The maximum absolute atomic E-state index is 13.5. The van der Waals surface area contributed by atoms with Crippen molar-refractivity contribution in [2.45, 2.75) is 76.7 Å². The van der Waals surface area contributed by atoms with Gasteiger partial charge in [-0.25, -0.2) is 9.69 Å². The topological polar surface area (TPSA) is 86.8 Å². The number of hydrogen-bond donors (Lipinski definition) is 0. The second-order valence-corrected chi connectivity index (χ2v) is 25.0. The van der Waals surface area contributed by atoms with E-state index in [4.69, 9.17) is 23.7 Å². The zero-order chi connectivity index (χ0) is 31.5. The van der Waals surface area contributed by atoms with Gasteiger partial charge in [0.15, 0.2) is 17.8 Å². The van der Waals surface area contributed by atoms with Crippen molar-refractivity contribution in [3.05, 3.63) is 65.2 Å². The maximum atomic E-state index is 13.5. The fraction of sp³-hybridized carbons (Fsp3) is 0.515. The van der Waals surface area contributed by atoms with Crippen molar-refractivity contribution in [2.24, 2.45) is 0 Å². The van der Waals surface area contributed by atoms with Gasteiger partial charge in [0.25, 0.3) is 5.91 Å². The van der Waals surface area contributed by atoms with Gasteiger partial charge >= 0.3 is 6.09 Å². The van der Waals surface area contributed by atoms with Crippen molar-refractivity contribution in [3.63, 3.8) is 0 Å². The standard InChI is InChI=1S/C33H46N2O7Si2/c1-43(2,3)22-34(31(44(4,5)6)19-32-38-14-15-39-32)20-26-18-29-28(41-23-42-29)17-25(26)12-13-30(36)35-27(21-40-33(35)37)16-24-10-8-7-9-11-24/h7-13,17-18,27,31-32H,14-16,19-23H2,1-6H3/b13-12+/t27-,31?/m0/s1. The summed E-state index contributed by atoms with van der Waals surface area (Å²) >= 11 is 0. The number of carbonyl (C=O) groups excluding carboxylic acids is 2. The Morgan fingerprint density at radius 2 is 1.68 bits per heavy atom. The number of rotatable bonds is 12. The van der Waals surface area contributed by atoms with E-state index in [1.54, 1.807) is 6.08 Å². The normalized spacial score (nSPS) is 19.8. The number of ether oxygens (including phenoxy) is 5. The van der Waals surface area contributed by atoms with Crippen LogP contribution in [0.5, 0.6) is 11.5 Å². The molecule has 238 valence electrons. The summed E-state index contributed by atoms with van der Waals surface area (Å²) in [7, 11) is -3.24. The zero-order valence-corrected chi connectivity index (χ0v) is 28.8. The third-order valence-electron chi connectivity index (χ3n) is 8.15. The molecule has 9 nitrogen and oxygen atoms in total. The van der Waals surface area contributed by atoms with Crippen LogP contribution < -0.4 is 9.47 Å². The highest BCUT2D eigenvalue weighted by molar-refractivity contribution is 6.78. The molecule has 2 aromatic carbocycles. The molecule has 0 N–H and O–H groups in total. The molecule has 1 unspecified atom stereocenters. The van der Waals surface area contributed by atoms with Gasteiger partial charge in [0.1, 0.15) is 6.61 Å². The van der Waals surface area contributed by atoms with Gasteiger partial charge in [0, 0.05) is 24.7 Å². The molecule has 5 rings (SSSR count). The molecule has 0 radical (unpaired) electrons. The first-order valence-corrected chi connectivity index (χ1v) is 22.8. The molecule has 11 heteroatoms. The van der Waals surface area contributed by atoms with Gasteiger partial charge < -0.3 is 28.6 Å². The van der Waals surface area contributed by atoms with E-state index in [9.17, 15) is 9.59 Å². The number of carbonyl (C=O) groups is 2. The predicted molar refractivity (Wildman–Crippen MR) is 175 cm³/mol. The van der Waals surface area contributed by atoms with Crippen LogP contribution in [0.4, 0.5) is 4.79 Å². The summed E-state index contributed by atoms with van der Waals surface area (Å²) < 4.78 is 28.6. The number of amides is 2. The van der Waals surface area contributed by atoms with E-state index < -0.39 is 28.1 Å². The van der Waals surface area contributed by atoms with Gasteiger partial charge in [0.2, 0.25) is 6.79 Å². The third kappa shape index (κ3) is 8.19. The maximum Gasteiger partial charge on any atom is 0.417 e. The lowest BCUT2D eigenvalue weighted by atomic mass is 10.0. The average Bonchev–Trinajstić information content (AvgIpc) is 3.71. The Balaban J connectivity index is 1.43. The van der Waals surface area contributed by atoms with Crippen molar-refractivity contribution in [1.29, 1.82) is 0 Å². The Morgan fingerprint density at radius 1 is 1.00 bits per heavy atom. The van der Waals surface area contributed by atoms with E-state index in [2.05, 4.69) is 44.2 Å². The monoisotopic (exact) mass is 638 g/mol. The van der Waals surface area contributed by atoms with Crippen molar-refractivity contribution in [1.82, 2.24) is 9.80 Å². The number of benzene rings is 2. The summed E-state index contributed by atoms with van der Waals surface area (Å²) in [5, 5.41) is 0. The number of cyclic esters (lactones) is 1. The molecule has 3 aliphatic heterocycles. The Labute approximate surface area is 263 Å². The second kappa shape index (κ2) is 13.6. The lowest BCUT2D eigenvalue weighted by Gasteiger charge is -2.43. The van der Waals surface area contributed by atoms with Crippen molar-refractivity contribution in [2.75, 3.05) is 32.8 Å². The van der Waals surface area contributed by atoms with E-state index in [1.165, 1.54) is 11.0 Å². The molecule has 2 saturated heterocycles. The van der Waals surface area contributed by atoms with Gasteiger partial charge in [-0.15, -0.1) is 0 Å². The van der Waals surface area contributed by atoms with Crippen LogP contribution in [0.1, 0.15) is 23.1 Å². The van der Waals surface area contributed by atoms with E-state index in [0.717, 1.165) is 29.3 Å². The Kier molecular flexibility index (Phi) is 10.0. The van der Waals surface area contributed by atoms with Crippen LogP contribution in [0.25, 0.3) is 6.08 Å². The largest absolute Gasteiger partial charge is 0.454 e. The SMILES string of the molecule is C[Si](C)(C)CN(Cc1cc2c(cc1/C=C/C(=O)N1C(=O)OC[C@@H]1Cc1ccccc1)OCO2)C(CC1OCCO1)[Si](C)(C)C. The zero-order valence-electron chi connectivity index (χ0n) is 26.8. The fourth-order valence-electron chi connectivity index (χ4n) is 6.18. The Morgan fingerprint density at radius 3 is 2.34 bits per heavy atom. The van der Waals surface area contributed by atoms with Gasteiger partial charge in [-0.3, -0.25) is 4.79 Å². The fourth-order valence-corrected chi connectivity index (χ4v) is 10.1. The van der Waals surface area contributed by atoms with Gasteiger partial charge in [-0.1, -0.05) is 69.6 Å². The minimum Gasteiger partial charge on any atom is -0.454 e. The summed E-state index contributed by atoms with van der Waals surface area (Å²) in [6, 6.07) is 13.4. The van der Waals surface area contributed by atoms with Crippen LogP contribution in [0.2, 0.25) is 39.3 Å².